The number of nitrogens with zero attached hydrogens (tertiary/aromatic N) is 1. The molecule has 0 aliphatic carbocycles. The lowest BCUT2D eigenvalue weighted by Crippen LogP contribution is -2.04. The largest absolute Gasteiger partial charge is 0.461 e. The van der Waals surface area contributed by atoms with Gasteiger partial charge in [-0.15, -0.1) is 0 Å². The highest BCUT2D eigenvalue weighted by atomic mass is 35.5. The molecule has 0 radical (unpaired) electrons. The minimum atomic E-state index is -0.263. The number of rotatable bonds is 4. The summed E-state index contributed by atoms with van der Waals surface area (Å²) in [5.74, 6) is 1.12. The Labute approximate surface area is 144 Å². The summed E-state index contributed by atoms with van der Waals surface area (Å²) in [6, 6.07) is 10.3. The second kappa shape index (κ2) is 7.15. The topological polar surface area (TPSA) is 52.3 Å². The first-order chi connectivity index (χ1) is 11.6. The monoisotopic (exact) mass is 339 g/mol. The van der Waals surface area contributed by atoms with E-state index in [2.05, 4.69) is 4.98 Å². The standard InChI is InChI=1S/C19H14ClNO3/c1-13-9-15(20)5-7-18(13)24-19-12-23-16(10-17(19)22)6-4-14-3-2-8-21-11-14/h2-12H,1H3/b6-4+. The van der Waals surface area contributed by atoms with E-state index in [0.717, 1.165) is 11.1 Å². The van der Waals surface area contributed by atoms with Gasteiger partial charge in [-0.05, 0) is 54.5 Å². The van der Waals surface area contributed by atoms with E-state index < -0.39 is 0 Å². The summed E-state index contributed by atoms with van der Waals surface area (Å²) in [6.07, 6.45) is 8.24. The second-order valence-corrected chi connectivity index (χ2v) is 5.58. The zero-order valence-electron chi connectivity index (χ0n) is 12.9. The third-order valence-corrected chi connectivity index (χ3v) is 3.53. The minimum Gasteiger partial charge on any atom is -0.461 e. The van der Waals surface area contributed by atoms with Crippen molar-refractivity contribution in [1.82, 2.24) is 4.98 Å². The van der Waals surface area contributed by atoms with Crippen LogP contribution < -0.4 is 10.2 Å². The van der Waals surface area contributed by atoms with Gasteiger partial charge in [0.2, 0.25) is 11.2 Å². The molecular weight excluding hydrogens is 326 g/mol. The molecule has 0 fully saturated rings. The predicted octanol–water partition coefficient (Wildman–Crippen LogP) is 4.96. The lowest BCUT2D eigenvalue weighted by Gasteiger charge is -2.07. The van der Waals surface area contributed by atoms with Gasteiger partial charge < -0.3 is 9.15 Å². The number of aromatic nitrogens is 1. The zero-order valence-corrected chi connectivity index (χ0v) is 13.7. The van der Waals surface area contributed by atoms with Crippen molar-refractivity contribution >= 4 is 23.8 Å². The molecule has 0 bridgehead atoms. The Balaban J connectivity index is 1.80. The van der Waals surface area contributed by atoms with Gasteiger partial charge in [0.1, 0.15) is 17.8 Å². The van der Waals surface area contributed by atoms with Crippen LogP contribution in [0.15, 0.2) is 64.3 Å². The number of pyridine rings is 1. The number of halogens is 1. The summed E-state index contributed by atoms with van der Waals surface area (Å²) in [6.45, 7) is 1.85. The number of ether oxygens (including phenoxy) is 1. The Morgan fingerprint density at radius 3 is 2.75 bits per heavy atom. The maximum Gasteiger partial charge on any atom is 0.227 e. The van der Waals surface area contributed by atoms with Crippen LogP contribution in [0.4, 0.5) is 0 Å². The first-order valence-electron chi connectivity index (χ1n) is 7.27. The molecule has 0 atom stereocenters. The van der Waals surface area contributed by atoms with Crippen LogP contribution in [0.3, 0.4) is 0 Å². The predicted molar refractivity (Wildman–Crippen MR) is 94.4 cm³/mol. The number of hydrogen-bond donors (Lipinski definition) is 0. The molecule has 0 spiro atoms. The van der Waals surface area contributed by atoms with Crippen molar-refractivity contribution in [2.75, 3.05) is 0 Å². The van der Waals surface area contributed by atoms with Crippen LogP contribution in [0.5, 0.6) is 11.5 Å². The summed E-state index contributed by atoms with van der Waals surface area (Å²) in [5, 5.41) is 0.614. The van der Waals surface area contributed by atoms with E-state index in [0.29, 0.717) is 16.5 Å². The van der Waals surface area contributed by atoms with Crippen LogP contribution in [0.1, 0.15) is 16.9 Å². The van der Waals surface area contributed by atoms with Crippen molar-refractivity contribution in [3.8, 4) is 11.5 Å². The number of benzene rings is 1. The van der Waals surface area contributed by atoms with Crippen LogP contribution in [0, 0.1) is 6.92 Å². The van der Waals surface area contributed by atoms with E-state index in [4.69, 9.17) is 20.8 Å². The number of aryl methyl sites for hydroxylation is 1. The molecule has 0 unspecified atom stereocenters. The fourth-order valence-electron chi connectivity index (χ4n) is 2.07. The molecule has 0 saturated carbocycles. The Bertz CT molecular complexity index is 933. The van der Waals surface area contributed by atoms with Crippen molar-refractivity contribution in [2.24, 2.45) is 0 Å². The van der Waals surface area contributed by atoms with Crippen molar-refractivity contribution < 1.29 is 9.15 Å². The molecule has 24 heavy (non-hydrogen) atoms. The van der Waals surface area contributed by atoms with Crippen molar-refractivity contribution in [2.45, 2.75) is 6.92 Å². The average Bonchev–Trinajstić information content (AvgIpc) is 2.58. The maximum atomic E-state index is 12.2. The molecule has 4 nitrogen and oxygen atoms in total. The lowest BCUT2D eigenvalue weighted by atomic mass is 10.2. The van der Waals surface area contributed by atoms with Gasteiger partial charge in [-0.3, -0.25) is 9.78 Å². The molecule has 0 amide bonds. The minimum absolute atomic E-state index is 0.124. The molecule has 0 N–H and O–H groups in total. The summed E-state index contributed by atoms with van der Waals surface area (Å²) in [5.41, 5.74) is 1.49. The SMILES string of the molecule is Cc1cc(Cl)ccc1Oc1coc(/C=C/c2cccnc2)cc1=O. The molecule has 2 heterocycles. The molecule has 0 saturated heterocycles. The lowest BCUT2D eigenvalue weighted by molar-refractivity contribution is 0.433. The molecule has 0 aliphatic rings. The van der Waals surface area contributed by atoms with Gasteiger partial charge in [-0.1, -0.05) is 17.7 Å². The van der Waals surface area contributed by atoms with Crippen LogP contribution in [-0.2, 0) is 0 Å². The van der Waals surface area contributed by atoms with Crippen molar-refractivity contribution in [3.63, 3.8) is 0 Å². The van der Waals surface area contributed by atoms with E-state index in [1.807, 2.05) is 25.1 Å². The zero-order chi connectivity index (χ0) is 16.9. The van der Waals surface area contributed by atoms with E-state index in [-0.39, 0.29) is 11.2 Å². The first-order valence-corrected chi connectivity index (χ1v) is 7.64. The van der Waals surface area contributed by atoms with Crippen molar-refractivity contribution in [3.05, 3.63) is 87.2 Å². The van der Waals surface area contributed by atoms with E-state index in [1.165, 1.54) is 12.3 Å². The fourth-order valence-corrected chi connectivity index (χ4v) is 2.30. The number of hydrogen-bond acceptors (Lipinski definition) is 4. The van der Waals surface area contributed by atoms with Gasteiger partial charge in [0, 0.05) is 23.5 Å². The van der Waals surface area contributed by atoms with E-state index >= 15 is 0 Å². The Morgan fingerprint density at radius 1 is 1.17 bits per heavy atom. The normalized spacial score (nSPS) is 10.9. The quantitative estimate of drug-likeness (QED) is 0.674. The maximum absolute atomic E-state index is 12.2. The Morgan fingerprint density at radius 2 is 2.04 bits per heavy atom. The van der Waals surface area contributed by atoms with Crippen LogP contribution in [0.2, 0.25) is 5.02 Å². The summed E-state index contributed by atoms with van der Waals surface area (Å²) in [4.78, 5) is 16.2. The first kappa shape index (κ1) is 16.0. The Kier molecular flexibility index (Phi) is 4.77. The third-order valence-electron chi connectivity index (χ3n) is 3.30. The van der Waals surface area contributed by atoms with Gasteiger partial charge in [0.05, 0.1) is 0 Å². The van der Waals surface area contributed by atoms with Gasteiger partial charge in [0.15, 0.2) is 0 Å². The molecule has 1 aromatic carbocycles. The fraction of sp³-hybridized carbons (Fsp3) is 0.0526. The highest BCUT2D eigenvalue weighted by molar-refractivity contribution is 6.30. The molecule has 0 aliphatic heterocycles. The molecule has 5 heteroatoms. The molecule has 3 rings (SSSR count). The van der Waals surface area contributed by atoms with Crippen molar-refractivity contribution in [1.29, 1.82) is 0 Å². The smallest absolute Gasteiger partial charge is 0.227 e. The van der Waals surface area contributed by atoms with E-state index in [1.54, 1.807) is 36.7 Å². The van der Waals surface area contributed by atoms with Gasteiger partial charge in [-0.2, -0.15) is 0 Å². The van der Waals surface area contributed by atoms with E-state index in [9.17, 15) is 4.79 Å². The summed E-state index contributed by atoms with van der Waals surface area (Å²) in [7, 11) is 0. The van der Waals surface area contributed by atoms with Gasteiger partial charge >= 0.3 is 0 Å². The van der Waals surface area contributed by atoms with Crippen LogP contribution in [-0.4, -0.2) is 4.98 Å². The average molecular weight is 340 g/mol. The van der Waals surface area contributed by atoms with Crippen LogP contribution >= 0.6 is 11.6 Å². The molecular formula is C19H14ClNO3. The molecule has 120 valence electrons. The molecule has 2 aromatic heterocycles. The van der Waals surface area contributed by atoms with Gasteiger partial charge in [-0.25, -0.2) is 0 Å². The Hall–Kier alpha value is -2.85. The second-order valence-electron chi connectivity index (χ2n) is 5.14. The third kappa shape index (κ3) is 3.91. The summed E-state index contributed by atoms with van der Waals surface area (Å²) >= 11 is 5.91. The van der Waals surface area contributed by atoms with Crippen LogP contribution in [0.25, 0.3) is 12.2 Å². The summed E-state index contributed by atoms with van der Waals surface area (Å²) < 4.78 is 11.1. The molecule has 3 aromatic rings. The van der Waals surface area contributed by atoms with Gasteiger partial charge in [0.25, 0.3) is 0 Å². The highest BCUT2D eigenvalue weighted by Crippen LogP contribution is 2.25. The highest BCUT2D eigenvalue weighted by Gasteiger charge is 2.07.